The second-order valence-corrected chi connectivity index (χ2v) is 21.3. The van der Waals surface area contributed by atoms with Gasteiger partial charge < -0.3 is 56.1 Å². The van der Waals surface area contributed by atoms with Crippen LogP contribution in [0.5, 0.6) is 17.2 Å². The van der Waals surface area contributed by atoms with Crippen molar-refractivity contribution in [3.8, 4) is 17.2 Å². The molecule has 7 aliphatic rings. The van der Waals surface area contributed by atoms with Gasteiger partial charge in [0.05, 0.1) is 42.1 Å². The Balaban J connectivity index is 0.000000209. The maximum Gasteiger partial charge on any atom is 0.243 e. The number of Topliss-reactive ketones (excluding diaryl/α,β-unsaturated/α-hetero) is 1. The maximum absolute atomic E-state index is 13.6. The molecule has 2 aromatic carbocycles. The lowest BCUT2D eigenvalue weighted by Gasteiger charge is -2.58. The molecule has 2 heterocycles. The van der Waals surface area contributed by atoms with Gasteiger partial charge in [0.15, 0.2) is 17.9 Å². The first-order chi connectivity index (χ1) is 31.0. The van der Waals surface area contributed by atoms with E-state index in [1.54, 1.807) is 13.0 Å². The van der Waals surface area contributed by atoms with Gasteiger partial charge in [-0.05, 0) is 102 Å². The number of halogens is 1. The van der Waals surface area contributed by atoms with Gasteiger partial charge in [-0.1, -0.05) is 32.1 Å². The second kappa shape index (κ2) is 18.2. The van der Waals surface area contributed by atoms with Gasteiger partial charge in [-0.25, -0.2) is 0 Å². The Labute approximate surface area is 396 Å². The van der Waals surface area contributed by atoms with E-state index in [1.165, 1.54) is 44.6 Å². The van der Waals surface area contributed by atoms with Gasteiger partial charge in [-0.2, -0.15) is 0 Å². The molecule has 2 aliphatic heterocycles. The Hall–Kier alpha value is -4.42. The SMILES string of the molecule is CC(C)(C)NC(=O)[C@H]1CC[C@H]2[C@@H]3CC[C@H]4NC(=O)C=C[C@]4(C)[C@H]3CC[C@]12C.COc1cccc2c1C(=O)c1c(O)c3c(c(O)c1C2=O)C[C@@](O)(C(=O)CO)C[C@@H]3O[C@H]1C[C@H](N)[C@H](O)[C@H](C)O1.Cl. The molecule has 16 nitrogen and oxygen atoms in total. The predicted octanol–water partition coefficient (Wildman–Crippen LogP) is 4.24. The van der Waals surface area contributed by atoms with Gasteiger partial charge in [0.1, 0.15) is 29.5 Å². The number of hydrogen-bond donors (Lipinski definition) is 8. The van der Waals surface area contributed by atoms with Gasteiger partial charge in [-0.15, -0.1) is 12.4 Å². The molecule has 1 saturated heterocycles. The summed E-state index contributed by atoms with van der Waals surface area (Å²) in [6, 6.07) is 3.91. The van der Waals surface area contributed by atoms with E-state index in [0.717, 1.165) is 19.3 Å². The normalized spacial score (nSPS) is 36.0. The average Bonchev–Trinajstić information content (AvgIpc) is 3.62. The molecule has 5 aliphatic carbocycles. The number of benzene rings is 2. The van der Waals surface area contributed by atoms with E-state index >= 15 is 0 Å². The van der Waals surface area contributed by atoms with Crippen LogP contribution in [0.15, 0.2) is 30.4 Å². The largest absolute Gasteiger partial charge is 0.507 e. The number of methoxy groups -OCH3 is 1. The molecule has 366 valence electrons. The first-order valence-electron chi connectivity index (χ1n) is 23.3. The van der Waals surface area contributed by atoms with Gasteiger partial charge >= 0.3 is 0 Å². The Bertz CT molecular complexity index is 2370. The fourth-order valence-corrected chi connectivity index (χ4v) is 13.0. The number of phenols is 2. The highest BCUT2D eigenvalue weighted by molar-refractivity contribution is 6.31. The van der Waals surface area contributed by atoms with Crippen molar-refractivity contribution in [2.24, 2.45) is 40.2 Å². The molecule has 4 fully saturated rings. The lowest BCUT2D eigenvalue weighted by atomic mass is 9.48. The average molecular weight is 953 g/mol. The molecule has 0 unspecified atom stereocenters. The third-order valence-corrected chi connectivity index (χ3v) is 16.3. The molecule has 13 atom stereocenters. The number of aliphatic hydroxyl groups is 3. The van der Waals surface area contributed by atoms with Gasteiger partial charge in [0.25, 0.3) is 0 Å². The zero-order chi connectivity index (χ0) is 48.0. The van der Waals surface area contributed by atoms with Crippen molar-refractivity contribution in [3.05, 3.63) is 63.7 Å². The van der Waals surface area contributed by atoms with E-state index in [9.17, 15) is 49.5 Å². The van der Waals surface area contributed by atoms with Crippen molar-refractivity contribution >= 4 is 41.6 Å². The van der Waals surface area contributed by atoms with Crippen LogP contribution in [0.2, 0.25) is 0 Å². The number of nitrogens with one attached hydrogen (secondary N) is 2. The summed E-state index contributed by atoms with van der Waals surface area (Å²) in [4.78, 5) is 64.6. The molecule has 0 aromatic heterocycles. The topological polar surface area (TPSA) is 264 Å². The van der Waals surface area contributed by atoms with Crippen LogP contribution in [0.4, 0.5) is 0 Å². The van der Waals surface area contributed by atoms with Gasteiger partial charge in [0.2, 0.25) is 17.6 Å². The van der Waals surface area contributed by atoms with Crippen molar-refractivity contribution in [2.75, 3.05) is 13.7 Å². The van der Waals surface area contributed by atoms with E-state index in [0.29, 0.717) is 17.8 Å². The zero-order valence-electron chi connectivity index (χ0n) is 39.2. The first-order valence-corrected chi connectivity index (χ1v) is 23.3. The maximum atomic E-state index is 13.6. The van der Waals surface area contributed by atoms with E-state index in [4.69, 9.17) is 19.9 Å². The lowest BCUT2D eigenvalue weighted by molar-refractivity contribution is -0.247. The van der Waals surface area contributed by atoms with E-state index in [2.05, 4.69) is 51.3 Å². The van der Waals surface area contributed by atoms with Crippen molar-refractivity contribution in [3.63, 3.8) is 0 Å². The number of carbonyl (C=O) groups excluding carboxylic acids is 5. The number of rotatable bonds is 6. The first kappa shape index (κ1) is 50.5. The second-order valence-electron chi connectivity index (χ2n) is 21.3. The highest BCUT2D eigenvalue weighted by atomic mass is 35.5. The molecule has 9 rings (SSSR count). The number of hydrogen-bond acceptors (Lipinski definition) is 14. The fourth-order valence-electron chi connectivity index (χ4n) is 13.0. The number of aliphatic hydroxyl groups excluding tert-OH is 2. The molecule has 2 aromatic rings. The Morgan fingerprint density at radius 3 is 2.34 bits per heavy atom. The quantitative estimate of drug-likeness (QED) is 0.161. The van der Waals surface area contributed by atoms with Crippen LogP contribution in [-0.2, 0) is 30.3 Å². The zero-order valence-corrected chi connectivity index (χ0v) is 40.0. The van der Waals surface area contributed by atoms with Crippen molar-refractivity contribution in [1.29, 1.82) is 0 Å². The molecule has 17 heteroatoms. The molecular weight excluding hydrogens is 886 g/mol. The summed E-state index contributed by atoms with van der Waals surface area (Å²) in [5.74, 6) is -1.37. The number of aromatic hydroxyl groups is 2. The van der Waals surface area contributed by atoms with E-state index in [-0.39, 0.29) is 87.0 Å². The molecule has 0 spiro atoms. The molecule has 0 bridgehead atoms. The Morgan fingerprint density at radius 2 is 1.69 bits per heavy atom. The van der Waals surface area contributed by atoms with Crippen molar-refractivity contribution < 1.29 is 63.7 Å². The van der Waals surface area contributed by atoms with Crippen LogP contribution >= 0.6 is 12.4 Å². The smallest absolute Gasteiger partial charge is 0.243 e. The number of carbonyl (C=O) groups is 5. The molecule has 3 saturated carbocycles. The van der Waals surface area contributed by atoms with E-state index < -0.39 is 95.7 Å². The van der Waals surface area contributed by atoms with Crippen molar-refractivity contribution in [2.45, 2.75) is 147 Å². The van der Waals surface area contributed by atoms with Gasteiger partial charge in [-0.3, -0.25) is 24.0 Å². The van der Waals surface area contributed by atoms with Crippen LogP contribution in [0.25, 0.3) is 0 Å². The molecule has 0 radical (unpaired) electrons. The van der Waals surface area contributed by atoms with Crippen LogP contribution in [-0.4, -0.2) is 110 Å². The monoisotopic (exact) mass is 951 g/mol. The predicted molar refractivity (Wildman–Crippen MR) is 246 cm³/mol. The summed E-state index contributed by atoms with van der Waals surface area (Å²) in [6.45, 7) is 11.5. The Morgan fingerprint density at radius 1 is 0.985 bits per heavy atom. The number of nitrogens with two attached hydrogens (primary N) is 1. The van der Waals surface area contributed by atoms with Crippen LogP contribution in [0.3, 0.4) is 0 Å². The third-order valence-electron chi connectivity index (χ3n) is 16.3. The number of ether oxygens (including phenoxy) is 3. The number of amides is 2. The van der Waals surface area contributed by atoms with E-state index in [1.807, 2.05) is 0 Å². The minimum absolute atomic E-state index is 0. The highest BCUT2D eigenvalue weighted by Crippen LogP contribution is 2.65. The summed E-state index contributed by atoms with van der Waals surface area (Å²) in [7, 11) is 1.32. The summed E-state index contributed by atoms with van der Waals surface area (Å²) in [5.41, 5.74) is 2.41. The molecular formula is C50H66ClN3O13. The summed E-state index contributed by atoms with van der Waals surface area (Å²) < 4.78 is 17.0. The summed E-state index contributed by atoms with van der Waals surface area (Å²) >= 11 is 0. The minimum Gasteiger partial charge on any atom is -0.507 e. The van der Waals surface area contributed by atoms with Crippen LogP contribution in [0, 0.1) is 34.5 Å². The summed E-state index contributed by atoms with van der Waals surface area (Å²) in [6.07, 6.45) is 5.59. The van der Waals surface area contributed by atoms with Crippen LogP contribution in [0.1, 0.15) is 142 Å². The standard InChI is InChI=1S/C27H29NO11.C23H36N2O2.ClH/c1-10-22(31)13(28)6-17(38-10)39-15-8-27(36,16(30)9-29)7-12-19(15)26(35)21-20(24(12)33)23(32)11-4-3-5-14(37-2)18(11)25(21)34;1-21(2,3)25-20(27)17-8-7-15-14-6-9-18-23(5,13-11-19(26)24-18)16(14)10-12-22(15,17)4;/h3-5,10,13,15,17,22,29,31,33,35-36H,6-9,28H2,1-2H3;11,13-18H,6-10,12H2,1-5H3,(H,24,26)(H,25,27);1H/t10-,13-,15-,17-,22+,27-;14-,15-,16-,17+,18+,22-,23+;/m00./s1. The van der Waals surface area contributed by atoms with Crippen molar-refractivity contribution in [1.82, 2.24) is 10.6 Å². The molecule has 2 amide bonds. The lowest BCUT2D eigenvalue weighted by Crippen LogP contribution is -2.59. The minimum atomic E-state index is -2.24. The molecule has 9 N–H and O–H groups in total. The number of phenolic OH excluding ortho intramolecular Hbond substituents is 2. The molecule has 67 heavy (non-hydrogen) atoms. The Kier molecular flexibility index (Phi) is 13.7. The summed E-state index contributed by atoms with van der Waals surface area (Å²) in [5, 5.41) is 60.2. The fraction of sp³-hybridized carbons (Fsp3) is 0.620. The third kappa shape index (κ3) is 8.48. The highest BCUT2D eigenvalue weighted by Gasteiger charge is 2.61. The van der Waals surface area contributed by atoms with Crippen LogP contribution < -0.4 is 21.1 Å². The number of fused-ring (bicyclic) bond motifs is 8. The number of ketones is 3. The van der Waals surface area contributed by atoms with Gasteiger partial charge in [0, 0.05) is 64.9 Å².